The van der Waals surface area contributed by atoms with E-state index in [1.807, 2.05) is 0 Å². The normalized spacial score (nSPS) is 18.0. The van der Waals surface area contributed by atoms with Crippen molar-refractivity contribution in [2.75, 3.05) is 26.4 Å². The van der Waals surface area contributed by atoms with E-state index in [2.05, 4.69) is 10.6 Å². The smallest absolute Gasteiger partial charge is 0.187 e. The molecular formula is C22H30CoN2O6. The average molecular weight is 477 g/mol. The van der Waals surface area contributed by atoms with Gasteiger partial charge in [-0.1, -0.05) is 24.3 Å². The Morgan fingerprint density at radius 1 is 0.677 bits per heavy atom. The van der Waals surface area contributed by atoms with Gasteiger partial charge in [-0.3, -0.25) is 9.59 Å². The van der Waals surface area contributed by atoms with Crippen molar-refractivity contribution in [2.45, 2.75) is 24.9 Å². The molecule has 0 aliphatic heterocycles. The summed E-state index contributed by atoms with van der Waals surface area (Å²) in [5.74, 6) is -0.188. The zero-order valence-electron chi connectivity index (χ0n) is 17.5. The Hall–Kier alpha value is -2.27. The minimum absolute atomic E-state index is 0. The van der Waals surface area contributed by atoms with Crippen LogP contribution in [0.15, 0.2) is 72.2 Å². The molecule has 0 saturated carbocycles. The molecule has 31 heavy (non-hydrogen) atoms. The maximum Gasteiger partial charge on any atom is 0.187 e. The summed E-state index contributed by atoms with van der Waals surface area (Å²) in [7, 11) is 0. The Balaban J connectivity index is 0.000000562. The zero-order valence-corrected chi connectivity index (χ0v) is 18.6. The van der Waals surface area contributed by atoms with Gasteiger partial charge in [-0.15, -0.1) is 0 Å². The monoisotopic (exact) mass is 477 g/mol. The number of nitrogens with one attached hydrogen (secondary N) is 2. The molecule has 0 heterocycles. The van der Waals surface area contributed by atoms with E-state index in [1.54, 1.807) is 50.3 Å². The Morgan fingerprint density at radius 3 is 1.23 bits per heavy atom. The molecule has 0 aromatic heterocycles. The van der Waals surface area contributed by atoms with Crippen molar-refractivity contribution in [2.24, 2.45) is 0 Å². The number of hydrogen-bond donors (Lipinski definition) is 6. The second-order valence-electron chi connectivity index (χ2n) is 7.41. The summed E-state index contributed by atoms with van der Waals surface area (Å²) in [4.78, 5) is 22.6. The van der Waals surface area contributed by atoms with Crippen molar-refractivity contribution in [3.63, 3.8) is 0 Å². The van der Waals surface area contributed by atoms with Gasteiger partial charge in [-0.05, 0) is 38.2 Å². The molecule has 9 heteroatoms. The van der Waals surface area contributed by atoms with Crippen molar-refractivity contribution in [3.05, 3.63) is 72.2 Å². The molecule has 2 rings (SSSR count). The van der Waals surface area contributed by atoms with E-state index in [1.165, 1.54) is 24.6 Å². The van der Waals surface area contributed by atoms with Crippen molar-refractivity contribution in [3.8, 4) is 0 Å². The van der Waals surface area contributed by atoms with Gasteiger partial charge in [0.25, 0.3) is 0 Å². The number of aliphatic hydroxyl groups excluding tert-OH is 4. The molecule has 0 atom stereocenters. The molecule has 0 aromatic rings. The first kappa shape index (κ1) is 28.7. The maximum atomic E-state index is 11.3. The molecule has 0 fully saturated rings. The van der Waals surface area contributed by atoms with Crippen LogP contribution in [-0.4, -0.2) is 69.5 Å². The van der Waals surface area contributed by atoms with Crippen molar-refractivity contribution >= 4 is 11.6 Å². The third-order valence-corrected chi connectivity index (χ3v) is 4.39. The van der Waals surface area contributed by atoms with E-state index < -0.39 is 11.1 Å². The minimum atomic E-state index is -0.803. The fourth-order valence-electron chi connectivity index (χ4n) is 1.99. The molecule has 1 radical (unpaired) electrons. The fourth-order valence-corrected chi connectivity index (χ4v) is 1.99. The molecule has 0 spiro atoms. The largest absolute Gasteiger partial charge is 0.394 e. The van der Waals surface area contributed by atoms with Gasteiger partial charge in [0.05, 0.1) is 37.5 Å². The number of rotatable bonds is 8. The Morgan fingerprint density at radius 2 is 0.968 bits per heavy atom. The second kappa shape index (κ2) is 13.9. The third kappa shape index (κ3) is 9.60. The zero-order chi connectivity index (χ0) is 22.6. The molecule has 2 aliphatic carbocycles. The molecule has 173 valence electrons. The average Bonchev–Trinajstić information content (AvgIpc) is 2.78. The van der Waals surface area contributed by atoms with Crippen LogP contribution in [0, 0.1) is 0 Å². The van der Waals surface area contributed by atoms with Crippen LogP contribution in [0.25, 0.3) is 0 Å². The van der Waals surface area contributed by atoms with Gasteiger partial charge in [-0.2, -0.15) is 0 Å². The first-order valence-corrected chi connectivity index (χ1v) is 9.40. The molecule has 0 unspecified atom stereocenters. The predicted octanol–water partition coefficient (Wildman–Crippen LogP) is -0.206. The van der Waals surface area contributed by atoms with Crippen molar-refractivity contribution in [1.29, 1.82) is 0 Å². The summed E-state index contributed by atoms with van der Waals surface area (Å²) in [6.07, 6.45) is 16.1. The van der Waals surface area contributed by atoms with E-state index in [-0.39, 0.29) is 54.8 Å². The van der Waals surface area contributed by atoms with E-state index in [0.29, 0.717) is 11.1 Å². The number of hydrogen-bond acceptors (Lipinski definition) is 8. The molecule has 6 N–H and O–H groups in total. The number of carbonyl (C=O) groups is 2. The summed E-state index contributed by atoms with van der Waals surface area (Å²) >= 11 is 0. The van der Waals surface area contributed by atoms with Crippen molar-refractivity contribution in [1.82, 2.24) is 10.6 Å². The molecule has 0 saturated heterocycles. The number of aliphatic hydroxyl groups is 4. The van der Waals surface area contributed by atoms with Crippen LogP contribution in [0.1, 0.15) is 13.8 Å². The number of allylic oxidation sites excluding steroid dienone is 10. The van der Waals surface area contributed by atoms with Gasteiger partial charge in [0, 0.05) is 40.3 Å². The minimum Gasteiger partial charge on any atom is -0.394 e. The Labute approximate surface area is 192 Å². The van der Waals surface area contributed by atoms with Gasteiger partial charge in [-0.25, -0.2) is 0 Å². The van der Waals surface area contributed by atoms with Crippen LogP contribution in [0.2, 0.25) is 0 Å². The molecule has 0 aromatic carbocycles. The predicted molar refractivity (Wildman–Crippen MR) is 114 cm³/mol. The molecule has 2 aliphatic rings. The van der Waals surface area contributed by atoms with Crippen LogP contribution < -0.4 is 10.6 Å². The SMILES string of the molecule is CC(CO)(CO)NC=C1C=CC=CC1=O.CC(CO)(CO)NC=C1C=CC=CC1=O.[Co]. The summed E-state index contributed by atoms with van der Waals surface area (Å²) < 4.78 is 0. The summed E-state index contributed by atoms with van der Waals surface area (Å²) in [5.41, 5.74) is -0.596. The first-order valence-electron chi connectivity index (χ1n) is 9.40. The van der Waals surface area contributed by atoms with Crippen LogP contribution in [-0.2, 0) is 26.4 Å². The molecule has 0 amide bonds. The van der Waals surface area contributed by atoms with E-state index in [9.17, 15) is 9.59 Å². The summed E-state index contributed by atoms with van der Waals surface area (Å²) in [6, 6.07) is 0. The summed E-state index contributed by atoms with van der Waals surface area (Å²) in [5, 5.41) is 41.7. The van der Waals surface area contributed by atoms with Crippen LogP contribution in [0.4, 0.5) is 0 Å². The third-order valence-electron chi connectivity index (χ3n) is 4.39. The van der Waals surface area contributed by atoms with Gasteiger partial charge in [0.2, 0.25) is 0 Å². The number of ketones is 2. The van der Waals surface area contributed by atoms with Crippen LogP contribution in [0.3, 0.4) is 0 Å². The maximum absolute atomic E-state index is 11.3. The topological polar surface area (TPSA) is 139 Å². The molecule has 0 bridgehead atoms. The van der Waals surface area contributed by atoms with Crippen LogP contribution >= 0.6 is 0 Å². The van der Waals surface area contributed by atoms with Gasteiger partial charge >= 0.3 is 0 Å². The Kier molecular flexibility index (Phi) is 12.9. The van der Waals surface area contributed by atoms with Crippen molar-refractivity contribution < 1.29 is 46.8 Å². The number of carbonyl (C=O) groups excluding carboxylic acids is 2. The van der Waals surface area contributed by atoms with Gasteiger partial charge in [0.1, 0.15) is 0 Å². The summed E-state index contributed by atoms with van der Waals surface area (Å²) in [6.45, 7) is 2.50. The molecule has 8 nitrogen and oxygen atoms in total. The van der Waals surface area contributed by atoms with E-state index >= 15 is 0 Å². The van der Waals surface area contributed by atoms with Crippen LogP contribution in [0.5, 0.6) is 0 Å². The van der Waals surface area contributed by atoms with E-state index in [4.69, 9.17) is 20.4 Å². The van der Waals surface area contributed by atoms with Gasteiger partial charge < -0.3 is 31.1 Å². The quantitative estimate of drug-likeness (QED) is 0.264. The fraction of sp³-hybridized carbons (Fsp3) is 0.364. The molecular weight excluding hydrogens is 447 g/mol. The van der Waals surface area contributed by atoms with E-state index in [0.717, 1.165) is 0 Å². The second-order valence-corrected chi connectivity index (χ2v) is 7.41. The first-order chi connectivity index (χ1) is 14.2. The Bertz CT molecular complexity index is 722. The van der Waals surface area contributed by atoms with Gasteiger partial charge in [0.15, 0.2) is 11.6 Å². The standard InChI is InChI=1S/2C11H15NO3.Co/c2*1-11(7-13,8-14)12-6-9-4-2-3-5-10(9)15;/h2*2-6,12-14H,7-8H2,1H3;.